The summed E-state index contributed by atoms with van der Waals surface area (Å²) < 4.78 is 15.2. The maximum atomic E-state index is 7.65. The molecule has 0 fully saturated rings. The summed E-state index contributed by atoms with van der Waals surface area (Å²) in [6, 6.07) is 101. The van der Waals surface area contributed by atoms with E-state index in [2.05, 4.69) is 339 Å². The third-order valence-electron chi connectivity index (χ3n) is 21.8. The Balaban J connectivity index is 1.01. The van der Waals surface area contributed by atoms with Crippen LogP contribution in [0.4, 0.5) is 17.1 Å². The maximum Gasteiger partial charge on any atom is 0.256 e. The normalized spacial score (nSPS) is 17.2. The fourth-order valence-electron chi connectivity index (χ4n) is 16.8. The molecule has 0 radical (unpaired) electrons. The molecular weight excluding hydrogens is 1140 g/mol. The smallest absolute Gasteiger partial charge is 0.256 e. The van der Waals surface area contributed by atoms with Crippen LogP contribution >= 0.6 is 0 Å². The van der Waals surface area contributed by atoms with E-state index in [0.717, 1.165) is 84.4 Å². The summed E-state index contributed by atoms with van der Waals surface area (Å²) in [5.41, 5.74) is 29.7. The summed E-state index contributed by atoms with van der Waals surface area (Å²) in [4.78, 5) is 2.62. The minimum Gasteiger partial charge on any atom is -0.458 e. The molecule has 7 aliphatic rings. The minimum absolute atomic E-state index is 0.187. The molecule has 0 aromatic heterocycles. The number of hydrogen-bond acceptors (Lipinski definition) is 3. The molecule has 2 unspecified atom stereocenters. The average molecular weight is 1210 g/mol. The van der Waals surface area contributed by atoms with Crippen LogP contribution in [-0.2, 0) is 16.2 Å². The van der Waals surface area contributed by atoms with Crippen LogP contribution in [0.2, 0.25) is 0 Å². The molecule has 2 atom stereocenters. The van der Waals surface area contributed by atoms with Crippen molar-refractivity contribution in [1.29, 1.82) is 0 Å². The van der Waals surface area contributed by atoms with Gasteiger partial charge in [-0.15, -0.1) is 0 Å². The molecule has 0 saturated carbocycles. The lowest BCUT2D eigenvalue weighted by Crippen LogP contribution is -2.65. The fraction of sp³-hybridized carbons (Fsp3) is 0.146. The molecule has 6 heterocycles. The number of nitrogens with zero attached hydrogens (tertiary/aromatic N) is 1. The Morgan fingerprint density at radius 1 is 0.372 bits per heavy atom. The quantitative estimate of drug-likeness (QED) is 0.160. The van der Waals surface area contributed by atoms with Gasteiger partial charge in [0.1, 0.15) is 23.0 Å². The van der Waals surface area contributed by atoms with Gasteiger partial charge in [-0.1, -0.05) is 291 Å². The molecule has 12 aromatic rings. The zero-order valence-electron chi connectivity index (χ0n) is 54.6. The largest absolute Gasteiger partial charge is 0.458 e. The molecule has 450 valence electrons. The average Bonchev–Trinajstić information content (AvgIpc) is 1.05. The third-order valence-corrected chi connectivity index (χ3v) is 21.8. The van der Waals surface area contributed by atoms with Crippen LogP contribution in [0.3, 0.4) is 0 Å². The lowest BCUT2D eigenvalue weighted by Gasteiger charge is -2.48. The highest BCUT2D eigenvalue weighted by atomic mass is 16.5. The molecule has 0 spiro atoms. The van der Waals surface area contributed by atoms with Gasteiger partial charge in [0.25, 0.3) is 13.4 Å². The number of hydrogen-bond donors (Lipinski definition) is 0. The van der Waals surface area contributed by atoms with E-state index in [-0.39, 0.29) is 35.6 Å². The van der Waals surface area contributed by atoms with Crippen molar-refractivity contribution < 1.29 is 9.47 Å². The third kappa shape index (κ3) is 8.52. The number of anilines is 3. The van der Waals surface area contributed by atoms with Gasteiger partial charge in [0.15, 0.2) is 0 Å². The van der Waals surface area contributed by atoms with Crippen LogP contribution in [0.15, 0.2) is 285 Å². The standard InChI is InChI=1S/C89H71B2NO2/c1-86(2,3)65-49-71-83-70-52-77-76(53-75(70)90-73-42-36-58(55-24-13-9-14-25-55)46-79(73)94-82(51-65)84(71)90)91-74-43-37-59(56-26-15-10-16-27-56)47-80(74)93-81-48-61(69-35-22-21-34-68(69)57-28-17-11-18-29-57)45-78(85(81)91)92(77)67-40-38-62(39-41-67)88(7,8)64-33-23-30-60(44-64)72-50-66(87(4,5)6)54-89(72,83)63-31-19-12-20-32-63/h9-54,83H,1-8H3. The number of benzene rings is 12. The predicted molar refractivity (Wildman–Crippen MR) is 394 cm³/mol. The maximum absolute atomic E-state index is 7.65. The molecule has 6 aliphatic heterocycles. The van der Waals surface area contributed by atoms with Crippen LogP contribution < -0.4 is 47.2 Å². The van der Waals surface area contributed by atoms with Gasteiger partial charge in [0, 0.05) is 28.4 Å². The lowest BCUT2D eigenvalue weighted by molar-refractivity contribution is 0.479. The zero-order valence-corrected chi connectivity index (χ0v) is 54.6. The Kier molecular flexibility index (Phi) is 12.3. The van der Waals surface area contributed by atoms with E-state index in [9.17, 15) is 0 Å². The summed E-state index contributed by atoms with van der Waals surface area (Å²) in [5, 5.41) is 0. The van der Waals surface area contributed by atoms with Crippen LogP contribution in [0.25, 0.3) is 50.1 Å². The first kappa shape index (κ1) is 56.4. The number of rotatable bonds is 5. The second-order valence-electron chi connectivity index (χ2n) is 29.6. The minimum atomic E-state index is -0.740. The molecule has 5 heteroatoms. The van der Waals surface area contributed by atoms with E-state index in [0.29, 0.717) is 0 Å². The van der Waals surface area contributed by atoms with Gasteiger partial charge in [0.2, 0.25) is 0 Å². The second kappa shape index (κ2) is 20.6. The second-order valence-corrected chi connectivity index (χ2v) is 29.6. The number of fused-ring (bicyclic) bond motifs is 8. The molecule has 94 heavy (non-hydrogen) atoms. The Morgan fingerprint density at radius 2 is 0.915 bits per heavy atom. The zero-order chi connectivity index (χ0) is 63.6. The summed E-state index contributed by atoms with van der Waals surface area (Å²) in [5.74, 6) is 3.30. The van der Waals surface area contributed by atoms with Crippen molar-refractivity contribution in [3.05, 3.63) is 324 Å². The van der Waals surface area contributed by atoms with Gasteiger partial charge >= 0.3 is 0 Å². The molecule has 0 amide bonds. The Morgan fingerprint density at radius 3 is 1.53 bits per heavy atom. The van der Waals surface area contributed by atoms with Crippen molar-refractivity contribution in [2.45, 2.75) is 77.6 Å². The van der Waals surface area contributed by atoms with Crippen molar-refractivity contribution in [3.8, 4) is 67.5 Å². The van der Waals surface area contributed by atoms with E-state index in [1.165, 1.54) is 83.1 Å². The number of allylic oxidation sites excluding steroid dienone is 4. The first-order valence-corrected chi connectivity index (χ1v) is 33.5. The number of ether oxygens (including phenoxy) is 2. The van der Waals surface area contributed by atoms with Crippen molar-refractivity contribution in [3.63, 3.8) is 0 Å². The van der Waals surface area contributed by atoms with Crippen LogP contribution in [0.5, 0.6) is 23.0 Å². The SMILES string of the molecule is CC(C)(C)C1=CC2(c3ccccc3)C(=C1)c1cccc(c1)C(C)(C)c1ccc(cc1)N1c3cc4c(cc3B3c5ccc(-c6ccccc6)cc5Oc5cc(-c6ccccc6-c6ccccc6)cc1c53)B1c3ccc(-c5ccccc5)cc3Oc3cc(C(C)(C)C)cc(c31)C42. The lowest BCUT2D eigenvalue weighted by atomic mass is 9.28. The fourth-order valence-corrected chi connectivity index (χ4v) is 16.8. The van der Waals surface area contributed by atoms with Gasteiger partial charge in [0.05, 0.1) is 5.41 Å². The van der Waals surface area contributed by atoms with Crippen molar-refractivity contribution in [1.82, 2.24) is 0 Å². The van der Waals surface area contributed by atoms with Gasteiger partial charge in [-0.3, -0.25) is 0 Å². The highest BCUT2D eigenvalue weighted by molar-refractivity contribution is 7.01. The molecule has 6 bridgehead atoms. The molecule has 0 saturated heterocycles. The Labute approximate surface area is 553 Å². The van der Waals surface area contributed by atoms with Gasteiger partial charge < -0.3 is 14.4 Å². The Bertz CT molecular complexity index is 5190. The first-order valence-electron chi connectivity index (χ1n) is 33.5. The monoisotopic (exact) mass is 1210 g/mol. The van der Waals surface area contributed by atoms with E-state index >= 15 is 0 Å². The van der Waals surface area contributed by atoms with Gasteiger partial charge in [-0.25, -0.2) is 0 Å². The van der Waals surface area contributed by atoms with Crippen molar-refractivity contribution >= 4 is 68.8 Å². The highest BCUT2D eigenvalue weighted by Gasteiger charge is 2.55. The Hall–Kier alpha value is -10.4. The summed E-state index contributed by atoms with van der Waals surface area (Å²) in [7, 11) is 0. The molecule has 1 aliphatic carbocycles. The van der Waals surface area contributed by atoms with E-state index in [1.807, 2.05) is 0 Å². The van der Waals surface area contributed by atoms with E-state index in [4.69, 9.17) is 9.47 Å². The van der Waals surface area contributed by atoms with E-state index < -0.39 is 5.41 Å². The van der Waals surface area contributed by atoms with Gasteiger partial charge in [-0.2, -0.15) is 0 Å². The molecule has 12 aromatic carbocycles. The van der Waals surface area contributed by atoms with E-state index in [1.54, 1.807) is 0 Å². The summed E-state index contributed by atoms with van der Waals surface area (Å²) in [6.45, 7) is 18.7. The summed E-state index contributed by atoms with van der Waals surface area (Å²) >= 11 is 0. The highest BCUT2D eigenvalue weighted by Crippen LogP contribution is 2.60. The molecule has 0 N–H and O–H groups in total. The molecule has 3 nitrogen and oxygen atoms in total. The van der Waals surface area contributed by atoms with Crippen LogP contribution in [0, 0.1) is 5.41 Å². The topological polar surface area (TPSA) is 21.7 Å². The predicted octanol–water partition coefficient (Wildman–Crippen LogP) is 18.8. The van der Waals surface area contributed by atoms with Crippen LogP contribution in [0.1, 0.15) is 100 Å². The molecular formula is C89H71B2NO2. The van der Waals surface area contributed by atoms with Gasteiger partial charge in [-0.05, 0) is 181 Å². The summed E-state index contributed by atoms with van der Waals surface area (Å²) in [6.07, 6.45) is 5.31. The van der Waals surface area contributed by atoms with Crippen molar-refractivity contribution in [2.75, 3.05) is 4.90 Å². The molecule has 19 rings (SSSR count). The first-order chi connectivity index (χ1) is 45.6. The van der Waals surface area contributed by atoms with Crippen LogP contribution in [-0.4, -0.2) is 13.4 Å². The van der Waals surface area contributed by atoms with Crippen molar-refractivity contribution in [2.24, 2.45) is 5.41 Å².